The lowest BCUT2D eigenvalue weighted by Gasteiger charge is -2.27. The highest BCUT2D eigenvalue weighted by Crippen LogP contribution is 2.32. The summed E-state index contributed by atoms with van der Waals surface area (Å²) >= 11 is 0. The van der Waals surface area contributed by atoms with E-state index in [-0.39, 0.29) is 17.4 Å². The molecule has 0 atom stereocenters. The first-order chi connectivity index (χ1) is 21.1. The maximum Gasteiger partial charge on any atom is 0.296 e. The van der Waals surface area contributed by atoms with E-state index < -0.39 is 12.2 Å². The number of pyridine rings is 1. The monoisotopic (exact) mass is 597 g/mol. The number of para-hydroxylation sites is 1. The number of imidazole rings is 1. The van der Waals surface area contributed by atoms with Crippen LogP contribution in [-0.4, -0.2) is 107 Å². The average molecular weight is 598 g/mol. The third-order valence-corrected chi connectivity index (χ3v) is 7.16. The number of morpholine rings is 2. The lowest BCUT2D eigenvalue weighted by Crippen LogP contribution is -2.37. The Labute approximate surface area is 246 Å². The summed E-state index contributed by atoms with van der Waals surface area (Å²) in [4.78, 5) is 26.5. The highest BCUT2D eigenvalue weighted by atomic mass is 19.3. The Morgan fingerprint density at radius 2 is 1.72 bits per heavy atom. The van der Waals surface area contributed by atoms with Gasteiger partial charge in [-0.15, -0.1) is 0 Å². The molecule has 2 aliphatic heterocycles. The van der Waals surface area contributed by atoms with Gasteiger partial charge in [-0.3, -0.25) is 14.5 Å². The highest BCUT2D eigenvalue weighted by Gasteiger charge is 2.26. The van der Waals surface area contributed by atoms with Crippen molar-refractivity contribution in [2.75, 3.05) is 83.1 Å². The number of nitrogens with one attached hydrogen (secondary N) is 1. The van der Waals surface area contributed by atoms with Crippen LogP contribution in [0.25, 0.3) is 17.0 Å². The molecule has 0 spiro atoms. The van der Waals surface area contributed by atoms with E-state index in [1.54, 1.807) is 36.7 Å². The number of alkyl halides is 2. The predicted molar refractivity (Wildman–Crippen MR) is 154 cm³/mol. The highest BCUT2D eigenvalue weighted by molar-refractivity contribution is 5.84. The number of nitrogens with zero attached hydrogens (tertiary/aromatic N) is 8. The summed E-state index contributed by atoms with van der Waals surface area (Å²) in [5, 5.41) is 3.16. The fourth-order valence-electron chi connectivity index (χ4n) is 5.03. The van der Waals surface area contributed by atoms with Gasteiger partial charge >= 0.3 is 0 Å². The van der Waals surface area contributed by atoms with Gasteiger partial charge in [0.25, 0.3) is 6.43 Å². The Bertz CT molecular complexity index is 1530. The Morgan fingerprint density at radius 1 is 0.953 bits per heavy atom. The Kier molecular flexibility index (Phi) is 9.00. The molecule has 228 valence electrons. The van der Waals surface area contributed by atoms with Crippen molar-refractivity contribution >= 4 is 28.6 Å². The lowest BCUT2D eigenvalue weighted by molar-refractivity contribution is 0.0358. The molecule has 1 aromatic carbocycles. The molecule has 2 saturated heterocycles. The molecule has 2 aliphatic rings. The van der Waals surface area contributed by atoms with Crippen LogP contribution in [0.1, 0.15) is 18.7 Å². The van der Waals surface area contributed by atoms with Gasteiger partial charge in [-0.1, -0.05) is 6.07 Å². The first kappa shape index (κ1) is 28.9. The van der Waals surface area contributed by atoms with Crippen LogP contribution in [0.3, 0.4) is 0 Å². The van der Waals surface area contributed by atoms with Crippen LogP contribution in [0, 0.1) is 0 Å². The topological polar surface area (TPSA) is 125 Å². The van der Waals surface area contributed by atoms with Crippen LogP contribution in [0.5, 0.6) is 11.5 Å². The van der Waals surface area contributed by atoms with Crippen molar-refractivity contribution in [2.24, 2.45) is 0 Å². The van der Waals surface area contributed by atoms with Crippen molar-refractivity contribution in [2.45, 2.75) is 12.8 Å². The molecule has 0 aliphatic carbocycles. The first-order valence-electron chi connectivity index (χ1n) is 14.2. The van der Waals surface area contributed by atoms with Crippen molar-refractivity contribution in [1.29, 1.82) is 0 Å². The summed E-state index contributed by atoms with van der Waals surface area (Å²) < 4.78 is 52.0. The van der Waals surface area contributed by atoms with Crippen LogP contribution in [0.4, 0.5) is 26.4 Å². The van der Waals surface area contributed by atoms with Crippen molar-refractivity contribution in [3.63, 3.8) is 0 Å². The number of anilines is 3. The van der Waals surface area contributed by atoms with Gasteiger partial charge in [-0.2, -0.15) is 15.0 Å². The molecule has 13 nitrogen and oxygen atoms in total. The van der Waals surface area contributed by atoms with Gasteiger partial charge in [-0.25, -0.2) is 13.8 Å². The van der Waals surface area contributed by atoms with Gasteiger partial charge in [0, 0.05) is 38.8 Å². The largest absolute Gasteiger partial charge is 0.494 e. The zero-order chi connectivity index (χ0) is 29.6. The molecule has 5 heterocycles. The zero-order valence-corrected chi connectivity index (χ0v) is 23.8. The number of ether oxygens (including phenoxy) is 4. The summed E-state index contributed by atoms with van der Waals surface area (Å²) in [6.07, 6.45) is 1.23. The number of benzene rings is 1. The molecule has 43 heavy (non-hydrogen) atoms. The summed E-state index contributed by atoms with van der Waals surface area (Å²) in [7, 11) is 1.47. The van der Waals surface area contributed by atoms with Gasteiger partial charge in [0.1, 0.15) is 17.0 Å². The van der Waals surface area contributed by atoms with Crippen LogP contribution >= 0.6 is 0 Å². The molecule has 3 aromatic heterocycles. The number of fused-ring (bicyclic) bond motifs is 1. The van der Waals surface area contributed by atoms with Gasteiger partial charge in [0.2, 0.25) is 17.8 Å². The molecule has 2 fully saturated rings. The number of halogens is 2. The maximum atomic E-state index is 14.3. The Morgan fingerprint density at radius 3 is 2.49 bits per heavy atom. The third kappa shape index (κ3) is 6.73. The van der Waals surface area contributed by atoms with Crippen molar-refractivity contribution in [3.05, 3.63) is 42.5 Å². The van der Waals surface area contributed by atoms with Crippen molar-refractivity contribution < 1.29 is 27.7 Å². The van der Waals surface area contributed by atoms with Crippen molar-refractivity contribution in [1.82, 2.24) is 34.4 Å². The Hall–Kier alpha value is -4.21. The minimum Gasteiger partial charge on any atom is -0.494 e. The fourth-order valence-corrected chi connectivity index (χ4v) is 5.03. The molecule has 15 heteroatoms. The van der Waals surface area contributed by atoms with E-state index in [0.29, 0.717) is 61.6 Å². The molecule has 0 bridgehead atoms. The van der Waals surface area contributed by atoms with Crippen LogP contribution in [-0.2, 0) is 9.47 Å². The molecular weight excluding hydrogens is 564 g/mol. The van der Waals surface area contributed by atoms with E-state index in [9.17, 15) is 8.78 Å². The summed E-state index contributed by atoms with van der Waals surface area (Å²) in [5.41, 5.74) is 1.24. The second-order valence-electron chi connectivity index (χ2n) is 9.98. The third-order valence-electron chi connectivity index (χ3n) is 7.16. The molecular formula is C28H33F2N9O4. The predicted octanol–water partition coefficient (Wildman–Crippen LogP) is 3.23. The Balaban J connectivity index is 1.28. The fraction of sp³-hybridized carbons (Fsp3) is 0.464. The number of rotatable bonds is 11. The minimum atomic E-state index is -2.89. The molecule has 4 aromatic rings. The summed E-state index contributed by atoms with van der Waals surface area (Å²) in [6, 6.07) is 6.84. The summed E-state index contributed by atoms with van der Waals surface area (Å²) in [6.45, 7) is 6.92. The van der Waals surface area contributed by atoms with E-state index in [4.69, 9.17) is 18.9 Å². The van der Waals surface area contributed by atoms with E-state index in [0.717, 1.165) is 39.3 Å². The summed E-state index contributed by atoms with van der Waals surface area (Å²) in [5.74, 6) is 0.924. The molecule has 0 radical (unpaired) electrons. The second kappa shape index (κ2) is 13.4. The number of aromatic nitrogens is 6. The molecule has 1 N–H and O–H groups in total. The number of methoxy groups -OCH3 is 1. The molecule has 0 saturated carbocycles. The number of hydrogen-bond acceptors (Lipinski definition) is 12. The van der Waals surface area contributed by atoms with Gasteiger partial charge in [0.05, 0.1) is 63.7 Å². The normalized spacial score (nSPS) is 16.1. The average Bonchev–Trinajstić information content (AvgIpc) is 3.45. The smallest absolute Gasteiger partial charge is 0.296 e. The van der Waals surface area contributed by atoms with Gasteiger partial charge in [0.15, 0.2) is 5.82 Å². The number of hydrogen-bond donors (Lipinski definition) is 1. The molecule has 0 amide bonds. The van der Waals surface area contributed by atoms with E-state index in [2.05, 4.69) is 35.1 Å². The van der Waals surface area contributed by atoms with E-state index in [1.165, 1.54) is 11.7 Å². The molecule has 0 unspecified atom stereocenters. The van der Waals surface area contributed by atoms with Crippen LogP contribution < -0.4 is 19.7 Å². The minimum absolute atomic E-state index is 0.00600. The lowest BCUT2D eigenvalue weighted by atomic mass is 10.3. The van der Waals surface area contributed by atoms with Gasteiger partial charge in [-0.05, 0) is 18.6 Å². The van der Waals surface area contributed by atoms with Gasteiger partial charge < -0.3 is 29.2 Å². The van der Waals surface area contributed by atoms with E-state index >= 15 is 0 Å². The van der Waals surface area contributed by atoms with Crippen LogP contribution in [0.2, 0.25) is 0 Å². The second-order valence-corrected chi connectivity index (χ2v) is 9.98. The first-order valence-corrected chi connectivity index (χ1v) is 14.2. The maximum absolute atomic E-state index is 14.3. The quantitative estimate of drug-likeness (QED) is 0.255. The van der Waals surface area contributed by atoms with Crippen molar-refractivity contribution in [3.8, 4) is 17.4 Å². The standard InChI is InChI=1S/C28H33F2N9O4/c1-40-22-5-2-4-21-23(22)33-25(24(29)30)39(21)28-35-26(34-27(36-28)38-9-14-42-15-10-38)32-19-16-20(18-31-17-19)43-11-3-6-37-7-12-41-13-8-37/h2,4-5,16-18,24H,3,6-15H2,1H3,(H,32,34,35,36). The zero-order valence-electron chi connectivity index (χ0n) is 23.8. The van der Waals surface area contributed by atoms with Crippen LogP contribution in [0.15, 0.2) is 36.7 Å². The van der Waals surface area contributed by atoms with E-state index in [1.807, 2.05) is 4.90 Å². The SMILES string of the molecule is COc1cccc2c1nc(C(F)F)n2-c1nc(Nc2cncc(OCCCN3CCOCC3)c2)nc(N2CCOCC2)n1. The molecule has 6 rings (SSSR count).